The maximum absolute atomic E-state index is 12.7. The van der Waals surface area contributed by atoms with Gasteiger partial charge in [0.15, 0.2) is 11.5 Å². The number of hydrogen-bond acceptors (Lipinski definition) is 4. The van der Waals surface area contributed by atoms with Gasteiger partial charge in [0, 0.05) is 23.5 Å². The number of piperidine rings is 1. The van der Waals surface area contributed by atoms with Crippen molar-refractivity contribution in [3.63, 3.8) is 0 Å². The van der Waals surface area contributed by atoms with Gasteiger partial charge in [0.25, 0.3) is 5.91 Å². The second kappa shape index (κ2) is 7.04. The number of nitrogens with zero attached hydrogens (tertiary/aromatic N) is 1. The minimum absolute atomic E-state index is 0.0654. The third-order valence-electron chi connectivity index (χ3n) is 4.36. The van der Waals surface area contributed by atoms with E-state index in [9.17, 15) is 4.79 Å². The van der Waals surface area contributed by atoms with Crippen molar-refractivity contribution in [1.82, 2.24) is 4.90 Å². The standard InChI is InChI=1S/C18H21NO3S/c1-21-15-6-5-14(12-16(15)22-2)18(20)19-9-7-13(8-10-19)17-4-3-11-23-17/h3-6,11-13H,7-10H2,1-2H3. The summed E-state index contributed by atoms with van der Waals surface area (Å²) in [7, 11) is 3.17. The molecule has 2 aromatic rings. The van der Waals surface area contributed by atoms with Crippen molar-refractivity contribution in [2.24, 2.45) is 0 Å². The van der Waals surface area contributed by atoms with E-state index in [1.54, 1.807) is 32.4 Å². The third-order valence-corrected chi connectivity index (χ3v) is 5.39. The molecule has 0 bridgehead atoms. The Morgan fingerprint density at radius 1 is 1.13 bits per heavy atom. The van der Waals surface area contributed by atoms with E-state index >= 15 is 0 Å². The second-order valence-electron chi connectivity index (χ2n) is 5.65. The average Bonchev–Trinajstić information content (AvgIpc) is 3.15. The van der Waals surface area contributed by atoms with Gasteiger partial charge in [0.2, 0.25) is 0 Å². The van der Waals surface area contributed by atoms with Crippen molar-refractivity contribution < 1.29 is 14.3 Å². The van der Waals surface area contributed by atoms with E-state index in [2.05, 4.69) is 17.5 Å². The fourth-order valence-electron chi connectivity index (χ4n) is 3.04. The van der Waals surface area contributed by atoms with Crippen LogP contribution in [0.15, 0.2) is 35.7 Å². The molecule has 0 unspecified atom stereocenters. The number of methoxy groups -OCH3 is 2. The lowest BCUT2D eigenvalue weighted by Crippen LogP contribution is -2.37. The van der Waals surface area contributed by atoms with Crippen molar-refractivity contribution in [3.05, 3.63) is 46.2 Å². The molecular weight excluding hydrogens is 310 g/mol. The lowest BCUT2D eigenvalue weighted by atomic mass is 9.95. The predicted octanol–water partition coefficient (Wildman–Crippen LogP) is 3.79. The van der Waals surface area contributed by atoms with Gasteiger partial charge < -0.3 is 14.4 Å². The van der Waals surface area contributed by atoms with Gasteiger partial charge in [-0.15, -0.1) is 11.3 Å². The zero-order chi connectivity index (χ0) is 16.2. The smallest absolute Gasteiger partial charge is 0.253 e. The number of amides is 1. The Labute approximate surface area is 140 Å². The summed E-state index contributed by atoms with van der Waals surface area (Å²) in [5, 5.41) is 2.12. The van der Waals surface area contributed by atoms with E-state index < -0.39 is 0 Å². The van der Waals surface area contributed by atoms with Gasteiger partial charge >= 0.3 is 0 Å². The van der Waals surface area contributed by atoms with Gasteiger partial charge in [-0.3, -0.25) is 4.79 Å². The number of benzene rings is 1. The van der Waals surface area contributed by atoms with Gasteiger partial charge in [-0.05, 0) is 48.4 Å². The molecule has 1 aliphatic heterocycles. The van der Waals surface area contributed by atoms with Crippen LogP contribution in [0.5, 0.6) is 11.5 Å². The molecule has 0 saturated carbocycles. The molecule has 23 heavy (non-hydrogen) atoms. The Kier molecular flexibility index (Phi) is 4.86. The van der Waals surface area contributed by atoms with Gasteiger partial charge in [-0.2, -0.15) is 0 Å². The first-order valence-electron chi connectivity index (χ1n) is 7.77. The van der Waals surface area contributed by atoms with Gasteiger partial charge in [-0.1, -0.05) is 6.07 Å². The number of carbonyl (C=O) groups excluding carboxylic acids is 1. The summed E-state index contributed by atoms with van der Waals surface area (Å²) < 4.78 is 10.5. The molecule has 0 spiro atoms. The van der Waals surface area contributed by atoms with E-state index in [-0.39, 0.29) is 5.91 Å². The molecule has 1 aliphatic rings. The molecule has 0 atom stereocenters. The van der Waals surface area contributed by atoms with Crippen molar-refractivity contribution in [1.29, 1.82) is 0 Å². The highest BCUT2D eigenvalue weighted by atomic mass is 32.1. The van der Waals surface area contributed by atoms with Crippen LogP contribution in [0.4, 0.5) is 0 Å². The molecule has 5 heteroatoms. The number of rotatable bonds is 4. The summed E-state index contributed by atoms with van der Waals surface area (Å²) in [4.78, 5) is 16.1. The molecule has 0 radical (unpaired) electrons. The highest BCUT2D eigenvalue weighted by Crippen LogP contribution is 2.32. The molecule has 4 nitrogen and oxygen atoms in total. The van der Waals surface area contributed by atoms with Crippen LogP contribution >= 0.6 is 11.3 Å². The molecule has 0 N–H and O–H groups in total. The molecule has 1 aromatic carbocycles. The van der Waals surface area contributed by atoms with E-state index in [4.69, 9.17) is 9.47 Å². The first-order chi connectivity index (χ1) is 11.2. The van der Waals surface area contributed by atoms with Crippen LogP contribution in [-0.4, -0.2) is 38.1 Å². The summed E-state index contributed by atoms with van der Waals surface area (Å²) in [6, 6.07) is 9.63. The molecule has 1 saturated heterocycles. The molecule has 0 aliphatic carbocycles. The second-order valence-corrected chi connectivity index (χ2v) is 6.63. The molecule has 2 heterocycles. The molecule has 122 valence electrons. The Hall–Kier alpha value is -2.01. The van der Waals surface area contributed by atoms with Crippen LogP contribution in [0.25, 0.3) is 0 Å². The summed E-state index contributed by atoms with van der Waals surface area (Å²) >= 11 is 1.81. The zero-order valence-electron chi connectivity index (χ0n) is 13.5. The third kappa shape index (κ3) is 3.34. The van der Waals surface area contributed by atoms with Gasteiger partial charge in [0.1, 0.15) is 0 Å². The zero-order valence-corrected chi connectivity index (χ0v) is 14.3. The SMILES string of the molecule is COc1ccc(C(=O)N2CCC(c3cccs3)CC2)cc1OC. The summed E-state index contributed by atoms with van der Waals surface area (Å²) in [5.74, 6) is 1.88. The first-order valence-corrected chi connectivity index (χ1v) is 8.65. The van der Waals surface area contributed by atoms with Crippen LogP contribution in [0.1, 0.15) is 34.0 Å². The fourth-order valence-corrected chi connectivity index (χ4v) is 3.94. The summed E-state index contributed by atoms with van der Waals surface area (Å²) in [6.45, 7) is 1.60. The van der Waals surface area contributed by atoms with Crippen LogP contribution in [0, 0.1) is 0 Å². The minimum Gasteiger partial charge on any atom is -0.493 e. The number of ether oxygens (including phenoxy) is 2. The Morgan fingerprint density at radius 3 is 2.48 bits per heavy atom. The molecule has 1 fully saturated rings. The van der Waals surface area contributed by atoms with Crippen molar-refractivity contribution in [2.75, 3.05) is 27.3 Å². The van der Waals surface area contributed by atoms with E-state index in [1.165, 1.54) is 4.88 Å². The minimum atomic E-state index is 0.0654. The Bertz CT molecular complexity index is 661. The monoisotopic (exact) mass is 331 g/mol. The average molecular weight is 331 g/mol. The van der Waals surface area contributed by atoms with Gasteiger partial charge in [0.05, 0.1) is 14.2 Å². The predicted molar refractivity (Wildman–Crippen MR) is 91.7 cm³/mol. The van der Waals surface area contributed by atoms with Crippen LogP contribution in [0.2, 0.25) is 0 Å². The van der Waals surface area contributed by atoms with Crippen molar-refractivity contribution in [2.45, 2.75) is 18.8 Å². The molecule has 3 rings (SSSR count). The number of thiophene rings is 1. The lowest BCUT2D eigenvalue weighted by molar-refractivity contribution is 0.0713. The number of hydrogen-bond donors (Lipinski definition) is 0. The molecule has 1 amide bonds. The largest absolute Gasteiger partial charge is 0.493 e. The number of carbonyl (C=O) groups is 1. The van der Waals surface area contributed by atoms with Crippen molar-refractivity contribution >= 4 is 17.2 Å². The molecule has 1 aromatic heterocycles. The first kappa shape index (κ1) is 15.9. The Balaban J connectivity index is 1.67. The lowest BCUT2D eigenvalue weighted by Gasteiger charge is -2.31. The van der Waals surface area contributed by atoms with E-state index in [0.717, 1.165) is 25.9 Å². The maximum atomic E-state index is 12.7. The normalized spacial score (nSPS) is 15.5. The van der Waals surface area contributed by atoms with Crippen molar-refractivity contribution in [3.8, 4) is 11.5 Å². The molecular formula is C18H21NO3S. The number of likely N-dealkylation sites (tertiary alicyclic amines) is 1. The highest BCUT2D eigenvalue weighted by molar-refractivity contribution is 7.10. The highest BCUT2D eigenvalue weighted by Gasteiger charge is 2.25. The van der Waals surface area contributed by atoms with E-state index in [1.807, 2.05) is 16.2 Å². The van der Waals surface area contributed by atoms with Crippen LogP contribution in [0.3, 0.4) is 0 Å². The summed E-state index contributed by atoms with van der Waals surface area (Å²) in [5.41, 5.74) is 0.650. The van der Waals surface area contributed by atoms with Gasteiger partial charge in [-0.25, -0.2) is 0 Å². The topological polar surface area (TPSA) is 38.8 Å². The van der Waals surface area contributed by atoms with Crippen LogP contribution in [-0.2, 0) is 0 Å². The fraction of sp³-hybridized carbons (Fsp3) is 0.389. The Morgan fingerprint density at radius 2 is 1.87 bits per heavy atom. The quantitative estimate of drug-likeness (QED) is 0.856. The maximum Gasteiger partial charge on any atom is 0.253 e. The summed E-state index contributed by atoms with van der Waals surface area (Å²) in [6.07, 6.45) is 2.05. The van der Waals surface area contributed by atoms with Crippen LogP contribution < -0.4 is 9.47 Å². The van der Waals surface area contributed by atoms with E-state index in [0.29, 0.717) is 23.0 Å².